The first-order valence-electron chi connectivity index (χ1n) is 5.03. The van der Waals surface area contributed by atoms with Crippen LogP contribution in [0, 0.1) is 0 Å². The van der Waals surface area contributed by atoms with Crippen LogP contribution >= 0.6 is 23.2 Å². The van der Waals surface area contributed by atoms with Crippen LogP contribution < -0.4 is 4.90 Å². The molecule has 0 radical (unpaired) electrons. The van der Waals surface area contributed by atoms with Crippen molar-refractivity contribution in [3.05, 3.63) is 10.4 Å². The number of halogens is 2. The Morgan fingerprint density at radius 2 is 2.12 bits per heavy atom. The third kappa shape index (κ3) is 2.72. The number of hydrogen-bond donors (Lipinski definition) is 0. The number of nitrogens with zero attached hydrogens (tertiary/aromatic N) is 4. The quantitative estimate of drug-likeness (QED) is 0.810. The molecule has 1 saturated carbocycles. The lowest BCUT2D eigenvalue weighted by Gasteiger charge is -2.23. The van der Waals surface area contributed by atoms with Crippen LogP contribution in [0.5, 0.6) is 0 Å². The van der Waals surface area contributed by atoms with Crippen LogP contribution in [-0.4, -0.2) is 41.5 Å². The molecule has 5 nitrogen and oxygen atoms in total. The minimum Gasteiger partial charge on any atom is -0.383 e. The first-order chi connectivity index (χ1) is 7.72. The Balaban J connectivity index is 2.19. The molecule has 16 heavy (non-hydrogen) atoms. The summed E-state index contributed by atoms with van der Waals surface area (Å²) in [5.41, 5.74) is 0. The van der Waals surface area contributed by atoms with Crippen molar-refractivity contribution in [3.63, 3.8) is 0 Å². The van der Waals surface area contributed by atoms with Crippen LogP contribution in [0.1, 0.15) is 12.8 Å². The molecule has 0 saturated heterocycles. The fourth-order valence-electron chi connectivity index (χ4n) is 1.51. The molecule has 0 N–H and O–H groups in total. The highest BCUT2D eigenvalue weighted by atomic mass is 35.5. The molecule has 1 aromatic rings. The summed E-state index contributed by atoms with van der Waals surface area (Å²) in [6, 6.07) is 0.473. The molecule has 0 unspecified atom stereocenters. The number of methoxy groups -OCH3 is 1. The maximum Gasteiger partial charge on any atom is 0.245 e. The number of rotatable bonds is 5. The van der Waals surface area contributed by atoms with Gasteiger partial charge in [0.1, 0.15) is 0 Å². The standard InChI is InChI=1S/C9H12Cl2N4O/c1-16-5-4-15(6-2-3-6)8-7(10)13-14-9(11)12-8/h6H,2-5H2,1H3. The summed E-state index contributed by atoms with van der Waals surface area (Å²) < 4.78 is 5.06. The molecule has 88 valence electrons. The lowest BCUT2D eigenvalue weighted by Crippen LogP contribution is -2.30. The SMILES string of the molecule is COCCN(c1nc(Cl)nnc1Cl)C1CC1. The Morgan fingerprint density at radius 3 is 2.75 bits per heavy atom. The van der Waals surface area contributed by atoms with Crippen molar-refractivity contribution in [2.45, 2.75) is 18.9 Å². The molecule has 1 fully saturated rings. The smallest absolute Gasteiger partial charge is 0.245 e. The molecule has 2 rings (SSSR count). The van der Waals surface area contributed by atoms with Gasteiger partial charge in [-0.25, -0.2) is 0 Å². The summed E-state index contributed by atoms with van der Waals surface area (Å²) in [5, 5.41) is 7.75. The summed E-state index contributed by atoms with van der Waals surface area (Å²) in [5.74, 6) is 0.598. The van der Waals surface area contributed by atoms with Crippen molar-refractivity contribution in [3.8, 4) is 0 Å². The summed E-state index contributed by atoms with van der Waals surface area (Å²) in [4.78, 5) is 6.19. The van der Waals surface area contributed by atoms with Gasteiger partial charge >= 0.3 is 0 Å². The second kappa shape index (κ2) is 5.12. The van der Waals surface area contributed by atoms with Crippen LogP contribution in [0.2, 0.25) is 10.4 Å². The molecule has 0 aliphatic heterocycles. The normalized spacial score (nSPS) is 15.2. The predicted octanol–water partition coefficient (Wildman–Crippen LogP) is 1.79. The minimum absolute atomic E-state index is 0.113. The number of anilines is 1. The zero-order valence-corrected chi connectivity index (χ0v) is 10.4. The molecular weight excluding hydrogens is 251 g/mol. The van der Waals surface area contributed by atoms with Gasteiger partial charge in [-0.3, -0.25) is 0 Å². The van der Waals surface area contributed by atoms with Gasteiger partial charge in [-0.05, 0) is 24.4 Å². The van der Waals surface area contributed by atoms with Crippen molar-refractivity contribution in [2.75, 3.05) is 25.2 Å². The van der Waals surface area contributed by atoms with E-state index < -0.39 is 0 Å². The van der Waals surface area contributed by atoms with Gasteiger partial charge in [0.15, 0.2) is 11.0 Å². The van der Waals surface area contributed by atoms with Crippen molar-refractivity contribution < 1.29 is 4.74 Å². The van der Waals surface area contributed by atoms with Crippen molar-refractivity contribution in [1.82, 2.24) is 15.2 Å². The first-order valence-corrected chi connectivity index (χ1v) is 5.79. The van der Waals surface area contributed by atoms with Gasteiger partial charge in [0.2, 0.25) is 5.28 Å². The lowest BCUT2D eigenvalue weighted by atomic mass is 10.4. The molecule has 7 heteroatoms. The molecule has 0 bridgehead atoms. The fourth-order valence-corrected chi connectivity index (χ4v) is 1.81. The fraction of sp³-hybridized carbons (Fsp3) is 0.667. The molecule has 0 spiro atoms. The molecular formula is C9H12Cl2N4O. The van der Waals surface area contributed by atoms with E-state index in [4.69, 9.17) is 27.9 Å². The van der Waals surface area contributed by atoms with E-state index in [0.29, 0.717) is 18.5 Å². The maximum atomic E-state index is 5.96. The molecule has 1 aromatic heterocycles. The van der Waals surface area contributed by atoms with E-state index in [1.807, 2.05) is 0 Å². The lowest BCUT2D eigenvalue weighted by molar-refractivity contribution is 0.204. The van der Waals surface area contributed by atoms with Crippen molar-refractivity contribution in [1.29, 1.82) is 0 Å². The third-order valence-electron chi connectivity index (χ3n) is 2.40. The molecule has 1 heterocycles. The van der Waals surface area contributed by atoms with Gasteiger partial charge in [0.05, 0.1) is 6.61 Å². The zero-order valence-electron chi connectivity index (χ0n) is 8.86. The van der Waals surface area contributed by atoms with E-state index in [9.17, 15) is 0 Å². The van der Waals surface area contributed by atoms with Gasteiger partial charge in [0.25, 0.3) is 0 Å². The highest BCUT2D eigenvalue weighted by Gasteiger charge is 2.31. The average molecular weight is 263 g/mol. The minimum atomic E-state index is 0.113. The highest BCUT2D eigenvalue weighted by Crippen LogP contribution is 2.33. The highest BCUT2D eigenvalue weighted by molar-refractivity contribution is 6.32. The van der Waals surface area contributed by atoms with Gasteiger partial charge in [-0.1, -0.05) is 11.6 Å². The summed E-state index contributed by atoms with van der Waals surface area (Å²) >= 11 is 11.7. The number of ether oxygens (including phenoxy) is 1. The second-order valence-corrected chi connectivity index (χ2v) is 4.31. The molecule has 0 amide bonds. The summed E-state index contributed by atoms with van der Waals surface area (Å²) in [6.45, 7) is 1.35. The number of hydrogen-bond acceptors (Lipinski definition) is 5. The Hall–Kier alpha value is -0.650. The van der Waals surface area contributed by atoms with Gasteiger partial charge in [-0.15, -0.1) is 10.2 Å². The Morgan fingerprint density at radius 1 is 1.38 bits per heavy atom. The largest absolute Gasteiger partial charge is 0.383 e. The van der Waals surface area contributed by atoms with E-state index in [1.165, 1.54) is 0 Å². The van der Waals surface area contributed by atoms with Crippen molar-refractivity contribution >= 4 is 29.0 Å². The maximum absolute atomic E-state index is 5.96. The summed E-state index contributed by atoms with van der Waals surface area (Å²) in [6.07, 6.45) is 2.28. The predicted molar refractivity (Wildman–Crippen MR) is 62.1 cm³/mol. The average Bonchev–Trinajstić information content (AvgIpc) is 3.08. The Bertz CT molecular complexity index is 373. The van der Waals surface area contributed by atoms with Gasteiger partial charge in [0, 0.05) is 19.7 Å². The van der Waals surface area contributed by atoms with Crippen LogP contribution in [-0.2, 0) is 4.74 Å². The first kappa shape index (κ1) is 11.8. The third-order valence-corrected chi connectivity index (χ3v) is 2.80. The zero-order chi connectivity index (χ0) is 11.5. The van der Waals surface area contributed by atoms with Crippen LogP contribution in [0.3, 0.4) is 0 Å². The topological polar surface area (TPSA) is 51.1 Å². The van der Waals surface area contributed by atoms with Crippen LogP contribution in [0.15, 0.2) is 0 Å². The van der Waals surface area contributed by atoms with E-state index in [2.05, 4.69) is 20.1 Å². The Kier molecular flexibility index (Phi) is 3.78. The monoisotopic (exact) mass is 262 g/mol. The van der Waals surface area contributed by atoms with Crippen LogP contribution in [0.25, 0.3) is 0 Å². The molecule has 0 atom stereocenters. The molecule has 0 aromatic carbocycles. The van der Waals surface area contributed by atoms with E-state index in [0.717, 1.165) is 19.4 Å². The summed E-state index contributed by atoms with van der Waals surface area (Å²) in [7, 11) is 1.66. The van der Waals surface area contributed by atoms with Gasteiger partial charge < -0.3 is 9.64 Å². The molecule has 1 aliphatic carbocycles. The van der Waals surface area contributed by atoms with E-state index in [-0.39, 0.29) is 10.4 Å². The van der Waals surface area contributed by atoms with Crippen molar-refractivity contribution in [2.24, 2.45) is 0 Å². The van der Waals surface area contributed by atoms with Gasteiger partial charge in [-0.2, -0.15) is 4.98 Å². The van der Waals surface area contributed by atoms with Crippen LogP contribution in [0.4, 0.5) is 5.82 Å². The van der Waals surface area contributed by atoms with E-state index >= 15 is 0 Å². The number of aromatic nitrogens is 3. The molecule has 1 aliphatic rings. The van der Waals surface area contributed by atoms with E-state index in [1.54, 1.807) is 7.11 Å². The Labute approximate surface area is 104 Å². The second-order valence-electron chi connectivity index (χ2n) is 3.61.